The minimum absolute atomic E-state index is 0.298. The van der Waals surface area contributed by atoms with Crippen LogP contribution < -0.4 is 5.73 Å². The van der Waals surface area contributed by atoms with Gasteiger partial charge in [0, 0.05) is 0 Å². The van der Waals surface area contributed by atoms with Crippen molar-refractivity contribution >= 4 is 11.5 Å². The van der Waals surface area contributed by atoms with E-state index < -0.39 is 0 Å². The molecule has 13 heavy (non-hydrogen) atoms. The first-order valence-corrected chi connectivity index (χ1v) is 4.46. The average molecular weight is 177 g/mol. The van der Waals surface area contributed by atoms with Crippen molar-refractivity contribution in [1.29, 1.82) is 0 Å². The Labute approximate surface area is 77.1 Å². The summed E-state index contributed by atoms with van der Waals surface area (Å²) in [5.74, 6) is 1.15. The van der Waals surface area contributed by atoms with Gasteiger partial charge in [0.15, 0.2) is 11.4 Å². The lowest BCUT2D eigenvalue weighted by Gasteiger charge is -2.03. The molecule has 1 aliphatic rings. The van der Waals surface area contributed by atoms with Gasteiger partial charge >= 0.3 is 0 Å². The molecule has 3 nitrogen and oxygen atoms in total. The van der Waals surface area contributed by atoms with Gasteiger partial charge < -0.3 is 5.11 Å². The second-order valence-electron chi connectivity index (χ2n) is 3.24. The van der Waals surface area contributed by atoms with Crippen LogP contribution in [0.5, 0.6) is 5.75 Å². The summed E-state index contributed by atoms with van der Waals surface area (Å²) in [6.07, 6.45) is 1.99. The molecule has 0 amide bonds. The summed E-state index contributed by atoms with van der Waals surface area (Å²) in [5.41, 5.74) is 6.63. The summed E-state index contributed by atoms with van der Waals surface area (Å²) in [7, 11) is 0. The number of benzene rings is 1. The first-order valence-electron chi connectivity index (χ1n) is 4.46. The van der Waals surface area contributed by atoms with Crippen molar-refractivity contribution in [2.45, 2.75) is 12.8 Å². The van der Waals surface area contributed by atoms with Gasteiger partial charge in [-0.15, -0.1) is 0 Å². The summed E-state index contributed by atoms with van der Waals surface area (Å²) in [4.78, 5) is 0. The Morgan fingerprint density at radius 1 is 1.31 bits per heavy atom. The fourth-order valence-electron chi connectivity index (χ4n) is 1.66. The zero-order chi connectivity index (χ0) is 9.26. The van der Waals surface area contributed by atoms with E-state index in [1.54, 1.807) is 6.07 Å². The zero-order valence-corrected chi connectivity index (χ0v) is 7.40. The normalized spacial score (nSPS) is 16.6. The molecule has 68 valence electrons. The standard InChI is InChI=1S/C10H12N2O/c11-10-6-3-7-12(10)8-4-1-2-5-9(8)13/h1-2,4-5,11,13H,3,6-7H2/p+1. The number of nitrogens with zero attached hydrogens (tertiary/aromatic N) is 1. The minimum Gasteiger partial charge on any atom is -0.504 e. The molecule has 1 aromatic rings. The summed E-state index contributed by atoms with van der Waals surface area (Å²) < 4.78 is 1.97. The molecule has 0 aliphatic carbocycles. The van der Waals surface area contributed by atoms with E-state index in [4.69, 9.17) is 5.73 Å². The molecule has 0 radical (unpaired) electrons. The van der Waals surface area contributed by atoms with E-state index in [0.29, 0.717) is 5.75 Å². The molecule has 3 heteroatoms. The van der Waals surface area contributed by atoms with Crippen LogP contribution in [0.1, 0.15) is 12.8 Å². The van der Waals surface area contributed by atoms with Crippen molar-refractivity contribution < 1.29 is 9.68 Å². The number of aromatic hydroxyl groups is 1. The maximum atomic E-state index is 9.58. The van der Waals surface area contributed by atoms with Gasteiger partial charge in [-0.05, 0) is 18.6 Å². The topological polar surface area (TPSA) is 49.3 Å². The van der Waals surface area contributed by atoms with E-state index in [-0.39, 0.29) is 0 Å². The van der Waals surface area contributed by atoms with Crippen LogP contribution in [0.3, 0.4) is 0 Å². The monoisotopic (exact) mass is 177 g/mol. The first kappa shape index (κ1) is 8.10. The summed E-state index contributed by atoms with van der Waals surface area (Å²) in [6, 6.07) is 7.28. The Balaban J connectivity index is 2.46. The quantitative estimate of drug-likeness (QED) is 0.633. The lowest BCUT2D eigenvalue weighted by molar-refractivity contribution is -0.433. The van der Waals surface area contributed by atoms with Crippen LogP contribution in [0, 0.1) is 0 Å². The average Bonchev–Trinajstić information content (AvgIpc) is 2.52. The summed E-state index contributed by atoms with van der Waals surface area (Å²) in [6.45, 7) is 0.906. The molecular weight excluding hydrogens is 164 g/mol. The van der Waals surface area contributed by atoms with Crippen molar-refractivity contribution in [2.24, 2.45) is 5.73 Å². The predicted molar refractivity (Wildman–Crippen MR) is 51.3 cm³/mol. The number of phenolic OH excluding ortho intramolecular Hbond substituents is 1. The molecule has 0 aromatic heterocycles. The van der Waals surface area contributed by atoms with Gasteiger partial charge in [-0.3, -0.25) is 5.73 Å². The molecule has 0 spiro atoms. The first-order chi connectivity index (χ1) is 6.29. The largest absolute Gasteiger partial charge is 0.504 e. The number of phenols is 1. The number of hydrogen-bond donors (Lipinski definition) is 2. The minimum atomic E-state index is 0.298. The Bertz CT molecular complexity index is 358. The van der Waals surface area contributed by atoms with Gasteiger partial charge in [-0.1, -0.05) is 12.1 Å². The van der Waals surface area contributed by atoms with Gasteiger partial charge in [0.2, 0.25) is 5.84 Å². The lowest BCUT2D eigenvalue weighted by Crippen LogP contribution is -2.18. The zero-order valence-electron chi connectivity index (χ0n) is 7.40. The molecule has 0 atom stereocenters. The van der Waals surface area contributed by atoms with Crippen molar-refractivity contribution in [3.05, 3.63) is 24.3 Å². The van der Waals surface area contributed by atoms with E-state index in [1.807, 2.05) is 22.8 Å². The van der Waals surface area contributed by atoms with Gasteiger partial charge in [0.05, 0.1) is 13.0 Å². The fourth-order valence-corrected chi connectivity index (χ4v) is 1.66. The van der Waals surface area contributed by atoms with Gasteiger partial charge in [-0.25, -0.2) is 4.58 Å². The maximum Gasteiger partial charge on any atom is 0.247 e. The Morgan fingerprint density at radius 3 is 2.69 bits per heavy atom. The molecular formula is C10H13N2O+. The Kier molecular flexibility index (Phi) is 1.93. The number of amidine groups is 1. The molecule has 0 unspecified atom stereocenters. The number of rotatable bonds is 1. The van der Waals surface area contributed by atoms with Crippen LogP contribution in [-0.4, -0.2) is 22.1 Å². The SMILES string of the molecule is NC1=[N+](c2ccccc2O)CCC1. The number of para-hydroxylation sites is 2. The van der Waals surface area contributed by atoms with Crippen LogP contribution in [0.4, 0.5) is 5.69 Å². The van der Waals surface area contributed by atoms with E-state index in [1.165, 1.54) is 0 Å². The number of nitrogens with two attached hydrogens (primary N) is 1. The van der Waals surface area contributed by atoms with Crippen LogP contribution in [0.2, 0.25) is 0 Å². The third-order valence-corrected chi connectivity index (χ3v) is 2.33. The molecule has 1 aliphatic heterocycles. The highest BCUT2D eigenvalue weighted by Crippen LogP contribution is 2.26. The lowest BCUT2D eigenvalue weighted by atomic mass is 10.3. The van der Waals surface area contributed by atoms with Gasteiger partial charge in [0.1, 0.15) is 0 Å². The fraction of sp³-hybridized carbons (Fsp3) is 0.300. The second kappa shape index (κ2) is 3.09. The van der Waals surface area contributed by atoms with E-state index >= 15 is 0 Å². The van der Waals surface area contributed by atoms with Crippen LogP contribution >= 0.6 is 0 Å². The maximum absolute atomic E-state index is 9.58. The van der Waals surface area contributed by atoms with E-state index in [9.17, 15) is 5.11 Å². The van der Waals surface area contributed by atoms with Crippen molar-refractivity contribution in [1.82, 2.24) is 0 Å². The summed E-state index contributed by atoms with van der Waals surface area (Å²) >= 11 is 0. The third-order valence-electron chi connectivity index (χ3n) is 2.33. The highest BCUT2D eigenvalue weighted by Gasteiger charge is 2.20. The molecule has 1 aromatic carbocycles. The number of hydrogen-bond acceptors (Lipinski definition) is 2. The molecule has 0 fully saturated rings. The van der Waals surface area contributed by atoms with Crippen molar-refractivity contribution in [3.8, 4) is 5.75 Å². The smallest absolute Gasteiger partial charge is 0.247 e. The van der Waals surface area contributed by atoms with Gasteiger partial charge in [0.25, 0.3) is 0 Å². The van der Waals surface area contributed by atoms with Crippen molar-refractivity contribution in [3.63, 3.8) is 0 Å². The third kappa shape index (κ3) is 1.37. The van der Waals surface area contributed by atoms with Crippen LogP contribution in [-0.2, 0) is 0 Å². The second-order valence-corrected chi connectivity index (χ2v) is 3.24. The molecule has 1 heterocycles. The molecule has 3 N–H and O–H groups in total. The van der Waals surface area contributed by atoms with E-state index in [2.05, 4.69) is 0 Å². The molecule has 0 bridgehead atoms. The predicted octanol–water partition coefficient (Wildman–Crippen LogP) is 1.19. The van der Waals surface area contributed by atoms with Crippen LogP contribution in [0.25, 0.3) is 0 Å². The highest BCUT2D eigenvalue weighted by atomic mass is 16.3. The molecule has 2 rings (SSSR count). The Morgan fingerprint density at radius 2 is 2.08 bits per heavy atom. The highest BCUT2D eigenvalue weighted by molar-refractivity contribution is 5.77. The molecule has 0 saturated heterocycles. The molecule has 0 saturated carbocycles. The summed E-state index contributed by atoms with van der Waals surface area (Å²) in [5, 5.41) is 9.58. The van der Waals surface area contributed by atoms with Crippen molar-refractivity contribution in [2.75, 3.05) is 6.54 Å². The van der Waals surface area contributed by atoms with Gasteiger partial charge in [-0.2, -0.15) is 0 Å². The Hall–Kier alpha value is -1.51. The van der Waals surface area contributed by atoms with Crippen LogP contribution in [0.15, 0.2) is 24.3 Å². The van der Waals surface area contributed by atoms with E-state index in [0.717, 1.165) is 30.9 Å².